The van der Waals surface area contributed by atoms with Crippen LogP contribution in [0.1, 0.15) is 41.0 Å². The molecule has 0 fully saturated rings. The standard InChI is InChI=1S/C15H28N4O/c1-11(2)10-19-9-8-17-13(14(19)20)18-12(6-7-16)15(3,4)5/h8-9,11-12H,6-7,10,16H2,1-5H3,(H,17,18). The molecule has 114 valence electrons. The van der Waals surface area contributed by atoms with Gasteiger partial charge in [-0.2, -0.15) is 0 Å². The van der Waals surface area contributed by atoms with Crippen LogP contribution in [0, 0.1) is 11.3 Å². The summed E-state index contributed by atoms with van der Waals surface area (Å²) < 4.78 is 1.71. The minimum Gasteiger partial charge on any atom is -0.362 e. The monoisotopic (exact) mass is 280 g/mol. The highest BCUT2D eigenvalue weighted by molar-refractivity contribution is 5.33. The number of nitrogens with zero attached hydrogens (tertiary/aromatic N) is 2. The zero-order chi connectivity index (χ0) is 15.3. The molecule has 1 atom stereocenters. The Morgan fingerprint density at radius 3 is 2.55 bits per heavy atom. The van der Waals surface area contributed by atoms with E-state index < -0.39 is 0 Å². The average Bonchev–Trinajstić information content (AvgIpc) is 2.31. The van der Waals surface area contributed by atoms with E-state index in [2.05, 4.69) is 44.9 Å². The second-order valence-corrected chi connectivity index (χ2v) is 6.77. The zero-order valence-electron chi connectivity index (χ0n) is 13.3. The predicted octanol–water partition coefficient (Wildman–Crippen LogP) is 2.07. The third-order valence-corrected chi connectivity index (χ3v) is 3.29. The highest BCUT2D eigenvalue weighted by Gasteiger charge is 2.25. The second-order valence-electron chi connectivity index (χ2n) is 6.77. The quantitative estimate of drug-likeness (QED) is 0.836. The summed E-state index contributed by atoms with van der Waals surface area (Å²) in [5.74, 6) is 0.840. The summed E-state index contributed by atoms with van der Waals surface area (Å²) >= 11 is 0. The van der Waals surface area contributed by atoms with E-state index in [1.807, 2.05) is 0 Å². The van der Waals surface area contributed by atoms with E-state index in [0.29, 0.717) is 24.8 Å². The number of aromatic nitrogens is 2. The van der Waals surface area contributed by atoms with Gasteiger partial charge < -0.3 is 15.6 Å². The summed E-state index contributed by atoms with van der Waals surface area (Å²) in [6.07, 6.45) is 4.22. The Morgan fingerprint density at radius 1 is 1.40 bits per heavy atom. The van der Waals surface area contributed by atoms with Crippen molar-refractivity contribution >= 4 is 5.82 Å². The lowest BCUT2D eigenvalue weighted by Crippen LogP contribution is -2.39. The van der Waals surface area contributed by atoms with E-state index in [9.17, 15) is 4.79 Å². The van der Waals surface area contributed by atoms with Gasteiger partial charge in [0.15, 0.2) is 5.82 Å². The first-order chi connectivity index (χ1) is 9.25. The molecule has 0 saturated carbocycles. The summed E-state index contributed by atoms with van der Waals surface area (Å²) in [4.78, 5) is 16.6. The maximum absolute atomic E-state index is 12.4. The van der Waals surface area contributed by atoms with E-state index in [1.54, 1.807) is 17.0 Å². The van der Waals surface area contributed by atoms with E-state index in [4.69, 9.17) is 5.73 Å². The molecule has 0 aromatic carbocycles. The molecule has 0 amide bonds. The molecule has 1 heterocycles. The predicted molar refractivity (Wildman–Crippen MR) is 83.9 cm³/mol. The lowest BCUT2D eigenvalue weighted by molar-refractivity contribution is 0.327. The molecular formula is C15H28N4O. The van der Waals surface area contributed by atoms with Crippen molar-refractivity contribution in [2.45, 2.75) is 53.6 Å². The molecule has 1 aromatic rings. The molecule has 0 bridgehead atoms. The van der Waals surface area contributed by atoms with Gasteiger partial charge in [0, 0.05) is 25.0 Å². The molecule has 5 nitrogen and oxygen atoms in total. The van der Waals surface area contributed by atoms with Crippen LogP contribution < -0.4 is 16.6 Å². The Balaban J connectivity index is 2.99. The van der Waals surface area contributed by atoms with Crippen LogP contribution >= 0.6 is 0 Å². The van der Waals surface area contributed by atoms with Gasteiger partial charge in [-0.3, -0.25) is 4.79 Å². The first kappa shape index (κ1) is 16.7. The minimum absolute atomic E-state index is 0.0200. The van der Waals surface area contributed by atoms with Crippen molar-refractivity contribution in [3.63, 3.8) is 0 Å². The van der Waals surface area contributed by atoms with Crippen molar-refractivity contribution < 1.29 is 0 Å². The summed E-state index contributed by atoms with van der Waals surface area (Å²) in [5.41, 5.74) is 5.63. The second kappa shape index (κ2) is 6.88. The van der Waals surface area contributed by atoms with E-state index in [1.165, 1.54) is 0 Å². The van der Waals surface area contributed by atoms with Gasteiger partial charge in [0.1, 0.15) is 0 Å². The van der Waals surface area contributed by atoms with E-state index >= 15 is 0 Å². The molecule has 0 spiro atoms. The van der Waals surface area contributed by atoms with Gasteiger partial charge in [0.25, 0.3) is 5.56 Å². The van der Waals surface area contributed by atoms with Crippen LogP contribution in [0.25, 0.3) is 0 Å². The molecule has 1 unspecified atom stereocenters. The van der Waals surface area contributed by atoms with Crippen molar-refractivity contribution in [3.8, 4) is 0 Å². The fourth-order valence-electron chi connectivity index (χ4n) is 2.14. The van der Waals surface area contributed by atoms with Crippen LogP contribution in [0.15, 0.2) is 17.2 Å². The van der Waals surface area contributed by atoms with E-state index in [0.717, 1.165) is 6.42 Å². The Kier molecular flexibility index (Phi) is 5.74. The molecule has 0 aliphatic carbocycles. The summed E-state index contributed by atoms with van der Waals surface area (Å²) in [7, 11) is 0. The van der Waals surface area contributed by atoms with Gasteiger partial charge in [0.2, 0.25) is 0 Å². The lowest BCUT2D eigenvalue weighted by atomic mass is 9.85. The summed E-state index contributed by atoms with van der Waals surface area (Å²) in [5, 5.41) is 3.28. The number of hydrogen-bond donors (Lipinski definition) is 2. The van der Waals surface area contributed by atoms with Crippen molar-refractivity contribution in [2.75, 3.05) is 11.9 Å². The summed E-state index contributed by atoms with van der Waals surface area (Å²) in [6.45, 7) is 11.9. The van der Waals surface area contributed by atoms with Crippen LogP contribution in [0.3, 0.4) is 0 Å². The maximum atomic E-state index is 12.4. The lowest BCUT2D eigenvalue weighted by Gasteiger charge is -2.31. The number of hydrogen-bond acceptors (Lipinski definition) is 4. The fourth-order valence-corrected chi connectivity index (χ4v) is 2.14. The highest BCUT2D eigenvalue weighted by Crippen LogP contribution is 2.23. The first-order valence-corrected chi connectivity index (χ1v) is 7.27. The van der Waals surface area contributed by atoms with Gasteiger partial charge in [-0.15, -0.1) is 0 Å². The smallest absolute Gasteiger partial charge is 0.293 e. The van der Waals surface area contributed by atoms with Gasteiger partial charge in [-0.05, 0) is 24.3 Å². The zero-order valence-corrected chi connectivity index (χ0v) is 13.3. The summed E-state index contributed by atoms with van der Waals surface area (Å²) in [6, 6.07) is 0.127. The Morgan fingerprint density at radius 2 is 2.05 bits per heavy atom. The molecule has 3 N–H and O–H groups in total. The topological polar surface area (TPSA) is 72.9 Å². The molecule has 5 heteroatoms. The van der Waals surface area contributed by atoms with Crippen LogP contribution in [-0.2, 0) is 6.54 Å². The van der Waals surface area contributed by atoms with Crippen molar-refractivity contribution in [1.82, 2.24) is 9.55 Å². The number of anilines is 1. The van der Waals surface area contributed by atoms with Gasteiger partial charge >= 0.3 is 0 Å². The van der Waals surface area contributed by atoms with Crippen LogP contribution in [0.4, 0.5) is 5.82 Å². The largest absolute Gasteiger partial charge is 0.362 e. The molecule has 20 heavy (non-hydrogen) atoms. The molecule has 0 radical (unpaired) electrons. The first-order valence-electron chi connectivity index (χ1n) is 7.27. The minimum atomic E-state index is -0.0625. The number of nitrogens with two attached hydrogens (primary N) is 1. The molecular weight excluding hydrogens is 252 g/mol. The van der Waals surface area contributed by atoms with Crippen LogP contribution in [-0.4, -0.2) is 22.1 Å². The average molecular weight is 280 g/mol. The Hall–Kier alpha value is -1.36. The molecule has 0 aliphatic heterocycles. The molecule has 1 rings (SSSR count). The Labute approximate surface area is 121 Å². The highest BCUT2D eigenvalue weighted by atomic mass is 16.1. The number of rotatable bonds is 6. The third-order valence-electron chi connectivity index (χ3n) is 3.29. The van der Waals surface area contributed by atoms with Crippen LogP contribution in [0.5, 0.6) is 0 Å². The van der Waals surface area contributed by atoms with E-state index in [-0.39, 0.29) is 17.0 Å². The van der Waals surface area contributed by atoms with Crippen molar-refractivity contribution in [2.24, 2.45) is 17.1 Å². The Bertz CT molecular complexity index is 473. The molecule has 1 aromatic heterocycles. The maximum Gasteiger partial charge on any atom is 0.293 e. The third kappa shape index (κ3) is 4.63. The van der Waals surface area contributed by atoms with Crippen LogP contribution in [0.2, 0.25) is 0 Å². The SMILES string of the molecule is CC(C)Cn1ccnc(NC(CCN)C(C)(C)C)c1=O. The van der Waals surface area contributed by atoms with Crippen molar-refractivity contribution in [3.05, 3.63) is 22.7 Å². The number of nitrogens with one attached hydrogen (secondary N) is 1. The fraction of sp³-hybridized carbons (Fsp3) is 0.733. The van der Waals surface area contributed by atoms with Gasteiger partial charge in [0.05, 0.1) is 0 Å². The van der Waals surface area contributed by atoms with Gasteiger partial charge in [-0.25, -0.2) is 4.98 Å². The van der Waals surface area contributed by atoms with Gasteiger partial charge in [-0.1, -0.05) is 34.6 Å². The normalized spacial score (nSPS) is 13.6. The van der Waals surface area contributed by atoms with Crippen molar-refractivity contribution in [1.29, 1.82) is 0 Å². The molecule has 0 saturated heterocycles. The molecule has 0 aliphatic rings.